The zero-order valence-electron chi connectivity index (χ0n) is 13.6. The van der Waals surface area contributed by atoms with Crippen molar-refractivity contribution >= 4 is 10.1 Å². The molecule has 1 aromatic rings. The molecule has 0 bridgehead atoms. The van der Waals surface area contributed by atoms with Crippen LogP contribution in [0.15, 0.2) is 29.2 Å². The van der Waals surface area contributed by atoms with E-state index in [0.29, 0.717) is 5.92 Å². The van der Waals surface area contributed by atoms with Crippen molar-refractivity contribution in [2.75, 3.05) is 0 Å². The van der Waals surface area contributed by atoms with Gasteiger partial charge in [0.05, 0.1) is 11.0 Å². The molecule has 0 amide bonds. The standard InChI is InChI=1S/C9H20O.C7H8O3S/c1-7(2)5-8(3)6-9(4)10;1-6-2-4-7(5-3-6)11(8,9)10/h7-10H,5-6H2,1-4H3;2-5H,1H3,(H,8,9,10). The fourth-order valence-corrected chi connectivity index (χ4v) is 2.67. The van der Waals surface area contributed by atoms with E-state index in [2.05, 4.69) is 20.8 Å². The smallest absolute Gasteiger partial charge is 0.294 e. The van der Waals surface area contributed by atoms with Crippen LogP contribution in [0.3, 0.4) is 0 Å². The summed E-state index contributed by atoms with van der Waals surface area (Å²) in [5, 5.41) is 9.04. The Hall–Kier alpha value is -0.910. The van der Waals surface area contributed by atoms with Crippen LogP contribution in [0.25, 0.3) is 0 Å². The zero-order chi connectivity index (χ0) is 16.6. The summed E-state index contributed by atoms with van der Waals surface area (Å²) in [6.07, 6.45) is 2.04. The summed E-state index contributed by atoms with van der Waals surface area (Å²) in [5.41, 5.74) is 0.956. The fourth-order valence-electron chi connectivity index (χ4n) is 2.19. The molecule has 0 saturated carbocycles. The van der Waals surface area contributed by atoms with Crippen LogP contribution in [0.4, 0.5) is 0 Å². The molecule has 5 heteroatoms. The molecule has 4 nitrogen and oxygen atoms in total. The van der Waals surface area contributed by atoms with Gasteiger partial charge in [0.2, 0.25) is 0 Å². The molecule has 21 heavy (non-hydrogen) atoms. The van der Waals surface area contributed by atoms with Crippen molar-refractivity contribution in [3.05, 3.63) is 29.8 Å². The topological polar surface area (TPSA) is 74.6 Å². The zero-order valence-corrected chi connectivity index (χ0v) is 14.4. The van der Waals surface area contributed by atoms with Crippen molar-refractivity contribution in [1.29, 1.82) is 0 Å². The monoisotopic (exact) mass is 316 g/mol. The maximum absolute atomic E-state index is 10.5. The second-order valence-corrected chi connectivity index (χ2v) is 7.53. The molecule has 0 aliphatic rings. The van der Waals surface area contributed by atoms with E-state index in [1.807, 2.05) is 13.8 Å². The first-order valence-electron chi connectivity index (χ1n) is 7.24. The van der Waals surface area contributed by atoms with Crippen molar-refractivity contribution < 1.29 is 18.1 Å². The van der Waals surface area contributed by atoms with Gasteiger partial charge in [0.25, 0.3) is 10.1 Å². The maximum atomic E-state index is 10.5. The Morgan fingerprint density at radius 1 is 1.00 bits per heavy atom. The van der Waals surface area contributed by atoms with E-state index in [1.54, 1.807) is 12.1 Å². The first-order valence-corrected chi connectivity index (χ1v) is 8.68. The molecule has 2 unspecified atom stereocenters. The summed E-state index contributed by atoms with van der Waals surface area (Å²) in [4.78, 5) is -0.0666. The number of hydrogen-bond donors (Lipinski definition) is 2. The van der Waals surface area contributed by atoms with Crippen LogP contribution in [0.1, 0.15) is 46.1 Å². The average molecular weight is 316 g/mol. The highest BCUT2D eigenvalue weighted by atomic mass is 32.2. The van der Waals surface area contributed by atoms with Gasteiger partial charge >= 0.3 is 0 Å². The summed E-state index contributed by atoms with van der Waals surface area (Å²) in [6, 6.07) is 5.99. The first-order chi connectivity index (χ1) is 9.52. The minimum Gasteiger partial charge on any atom is -0.393 e. The lowest BCUT2D eigenvalue weighted by atomic mass is 9.94. The molecule has 0 radical (unpaired) electrons. The van der Waals surface area contributed by atoms with Crippen LogP contribution >= 0.6 is 0 Å². The van der Waals surface area contributed by atoms with Crippen LogP contribution in [0, 0.1) is 18.8 Å². The van der Waals surface area contributed by atoms with Gasteiger partial charge in [-0.25, -0.2) is 0 Å². The van der Waals surface area contributed by atoms with Gasteiger partial charge in [-0.3, -0.25) is 4.55 Å². The predicted octanol–water partition coefficient (Wildman–Crippen LogP) is 3.68. The van der Waals surface area contributed by atoms with Crippen molar-refractivity contribution in [3.8, 4) is 0 Å². The van der Waals surface area contributed by atoms with E-state index in [-0.39, 0.29) is 11.0 Å². The average Bonchev–Trinajstić information content (AvgIpc) is 2.26. The van der Waals surface area contributed by atoms with Gasteiger partial charge in [0.15, 0.2) is 0 Å². The molecule has 0 heterocycles. The third-order valence-corrected chi connectivity index (χ3v) is 3.80. The first kappa shape index (κ1) is 20.1. The van der Waals surface area contributed by atoms with Crippen molar-refractivity contribution in [3.63, 3.8) is 0 Å². The Labute approximate surface area is 129 Å². The largest absolute Gasteiger partial charge is 0.393 e. The summed E-state index contributed by atoms with van der Waals surface area (Å²) >= 11 is 0. The summed E-state index contributed by atoms with van der Waals surface area (Å²) in [7, 11) is -4.02. The number of rotatable bonds is 5. The van der Waals surface area contributed by atoms with Gasteiger partial charge in [-0.05, 0) is 50.7 Å². The van der Waals surface area contributed by atoms with Gasteiger partial charge in [-0.2, -0.15) is 8.42 Å². The molecule has 0 fully saturated rings. The van der Waals surface area contributed by atoms with Crippen LogP contribution in [0.5, 0.6) is 0 Å². The minimum absolute atomic E-state index is 0.0666. The molecule has 0 saturated heterocycles. The van der Waals surface area contributed by atoms with Crippen LogP contribution < -0.4 is 0 Å². The van der Waals surface area contributed by atoms with Crippen molar-refractivity contribution in [2.24, 2.45) is 11.8 Å². The second kappa shape index (κ2) is 9.18. The van der Waals surface area contributed by atoms with Crippen molar-refractivity contribution in [1.82, 2.24) is 0 Å². The Morgan fingerprint density at radius 3 is 1.81 bits per heavy atom. The molecular weight excluding hydrogens is 288 g/mol. The molecule has 2 atom stereocenters. The lowest BCUT2D eigenvalue weighted by Crippen LogP contribution is -2.08. The maximum Gasteiger partial charge on any atom is 0.294 e. The highest BCUT2D eigenvalue weighted by Gasteiger charge is 2.07. The predicted molar refractivity (Wildman–Crippen MR) is 85.9 cm³/mol. The molecule has 1 rings (SSSR count). The highest BCUT2D eigenvalue weighted by molar-refractivity contribution is 7.85. The Bertz CT molecular complexity index is 480. The molecule has 0 aliphatic heterocycles. The van der Waals surface area contributed by atoms with Gasteiger partial charge < -0.3 is 5.11 Å². The molecule has 0 aliphatic carbocycles. The summed E-state index contributed by atoms with van der Waals surface area (Å²) < 4.78 is 29.6. The Kier molecular flexibility index (Phi) is 8.78. The van der Waals surface area contributed by atoms with Gasteiger partial charge in [0, 0.05) is 0 Å². The lowest BCUT2D eigenvalue weighted by molar-refractivity contribution is 0.158. The second-order valence-electron chi connectivity index (χ2n) is 6.11. The lowest BCUT2D eigenvalue weighted by Gasteiger charge is -2.14. The van der Waals surface area contributed by atoms with Crippen molar-refractivity contribution in [2.45, 2.75) is 58.5 Å². The normalized spacial score (nSPS) is 14.3. The van der Waals surface area contributed by atoms with E-state index in [9.17, 15) is 8.42 Å². The SMILES string of the molecule is CC(C)CC(C)CC(C)O.Cc1ccc(S(=O)(=O)O)cc1. The summed E-state index contributed by atoms with van der Waals surface area (Å²) in [5.74, 6) is 1.42. The van der Waals surface area contributed by atoms with E-state index in [4.69, 9.17) is 9.66 Å². The Morgan fingerprint density at radius 2 is 1.48 bits per heavy atom. The number of benzene rings is 1. The Balaban J connectivity index is 0.000000384. The molecule has 1 aromatic carbocycles. The minimum atomic E-state index is -4.02. The van der Waals surface area contributed by atoms with E-state index < -0.39 is 10.1 Å². The molecule has 0 spiro atoms. The third kappa shape index (κ3) is 10.5. The molecule has 122 valence electrons. The van der Waals surface area contributed by atoms with Crippen LogP contribution in [-0.2, 0) is 10.1 Å². The number of aliphatic hydroxyl groups is 1. The summed E-state index contributed by atoms with van der Waals surface area (Å²) in [6.45, 7) is 10.3. The van der Waals surface area contributed by atoms with Crippen LogP contribution in [0.2, 0.25) is 0 Å². The van der Waals surface area contributed by atoms with E-state index in [1.165, 1.54) is 18.6 Å². The highest BCUT2D eigenvalue weighted by Crippen LogP contribution is 2.15. The number of aryl methyl sites for hydroxylation is 1. The van der Waals surface area contributed by atoms with E-state index in [0.717, 1.165) is 17.9 Å². The number of aliphatic hydroxyl groups excluding tert-OH is 1. The molecule has 0 aromatic heterocycles. The van der Waals surface area contributed by atoms with Gasteiger partial charge in [0.1, 0.15) is 0 Å². The fraction of sp³-hybridized carbons (Fsp3) is 0.625. The van der Waals surface area contributed by atoms with Gasteiger partial charge in [-0.15, -0.1) is 0 Å². The van der Waals surface area contributed by atoms with E-state index >= 15 is 0 Å². The molecular formula is C16H28O4S. The molecule has 2 N–H and O–H groups in total. The quantitative estimate of drug-likeness (QED) is 0.813. The third-order valence-electron chi connectivity index (χ3n) is 2.94. The number of hydrogen-bond acceptors (Lipinski definition) is 3. The van der Waals surface area contributed by atoms with Gasteiger partial charge in [-0.1, -0.05) is 38.5 Å². The van der Waals surface area contributed by atoms with Crippen LogP contribution in [-0.4, -0.2) is 24.2 Å².